The van der Waals surface area contributed by atoms with Crippen LogP contribution in [0.25, 0.3) is 0 Å². The highest BCUT2D eigenvalue weighted by molar-refractivity contribution is 9.10. The molecule has 88 valence electrons. The Morgan fingerprint density at radius 1 is 1.44 bits per heavy atom. The number of hydrogen-bond donors (Lipinski definition) is 2. The molecule has 4 nitrogen and oxygen atoms in total. The number of halogens is 4. The van der Waals surface area contributed by atoms with Gasteiger partial charge in [0, 0.05) is 0 Å². The van der Waals surface area contributed by atoms with E-state index in [1.165, 1.54) is 0 Å². The molecule has 0 fully saturated rings. The third-order valence-corrected chi connectivity index (χ3v) is 2.22. The summed E-state index contributed by atoms with van der Waals surface area (Å²) in [5, 5.41) is 8.65. The molecule has 0 amide bonds. The van der Waals surface area contributed by atoms with Crippen molar-refractivity contribution < 1.29 is 27.8 Å². The van der Waals surface area contributed by atoms with E-state index in [2.05, 4.69) is 20.7 Å². The number of carbonyl (C=O) groups is 1. The largest absolute Gasteiger partial charge is 0.573 e. The molecule has 8 heteroatoms. The highest BCUT2D eigenvalue weighted by Crippen LogP contribution is 2.37. The standard InChI is InChI=1S/C8H5BrF3NO3/c9-4-2-1-3(7(14)15)5(13)6(4)16-8(10,11)12/h1-2H,13H2,(H,14,15). The van der Waals surface area contributed by atoms with Crippen LogP contribution in [0.4, 0.5) is 18.9 Å². The normalized spacial score (nSPS) is 11.2. The van der Waals surface area contributed by atoms with Crippen LogP contribution in [0.15, 0.2) is 16.6 Å². The molecule has 0 heterocycles. The van der Waals surface area contributed by atoms with Crippen LogP contribution in [0.3, 0.4) is 0 Å². The maximum atomic E-state index is 12.0. The lowest BCUT2D eigenvalue weighted by molar-refractivity contribution is -0.274. The van der Waals surface area contributed by atoms with Gasteiger partial charge < -0.3 is 15.6 Å². The maximum Gasteiger partial charge on any atom is 0.573 e. The minimum absolute atomic E-state index is 0.0766. The molecule has 0 spiro atoms. The fourth-order valence-corrected chi connectivity index (χ4v) is 1.41. The second kappa shape index (κ2) is 4.20. The summed E-state index contributed by atoms with van der Waals surface area (Å²) in [6, 6.07) is 2.19. The highest BCUT2D eigenvalue weighted by atomic mass is 79.9. The maximum absolute atomic E-state index is 12.0. The second-order valence-corrected chi connectivity index (χ2v) is 3.55. The fourth-order valence-electron chi connectivity index (χ4n) is 0.979. The van der Waals surface area contributed by atoms with Gasteiger partial charge in [0.2, 0.25) is 0 Å². The molecule has 0 saturated carbocycles. The first-order valence-corrected chi connectivity index (χ1v) is 4.58. The molecule has 0 unspecified atom stereocenters. The number of carboxylic acids is 1. The van der Waals surface area contributed by atoms with Crippen LogP contribution in [-0.4, -0.2) is 17.4 Å². The molecule has 1 rings (SSSR count). The molecule has 0 aliphatic carbocycles. The van der Waals surface area contributed by atoms with Crippen LogP contribution in [-0.2, 0) is 0 Å². The summed E-state index contributed by atoms with van der Waals surface area (Å²) in [5.41, 5.74) is 4.22. The zero-order chi connectivity index (χ0) is 12.5. The molecule has 0 aliphatic rings. The summed E-state index contributed by atoms with van der Waals surface area (Å²) in [4.78, 5) is 10.6. The summed E-state index contributed by atoms with van der Waals surface area (Å²) in [5.74, 6) is -2.19. The summed E-state index contributed by atoms with van der Waals surface area (Å²) in [7, 11) is 0. The van der Waals surface area contributed by atoms with Gasteiger partial charge in [-0.25, -0.2) is 4.79 Å². The lowest BCUT2D eigenvalue weighted by Gasteiger charge is -2.13. The number of rotatable bonds is 2. The van der Waals surface area contributed by atoms with Gasteiger partial charge in [-0.1, -0.05) is 0 Å². The zero-order valence-electron chi connectivity index (χ0n) is 7.51. The van der Waals surface area contributed by atoms with Gasteiger partial charge in [-0.05, 0) is 28.1 Å². The molecule has 0 aromatic heterocycles. The molecule has 0 radical (unpaired) electrons. The predicted octanol–water partition coefficient (Wildman–Crippen LogP) is 2.63. The molecule has 3 N–H and O–H groups in total. The van der Waals surface area contributed by atoms with E-state index >= 15 is 0 Å². The van der Waals surface area contributed by atoms with Crippen LogP contribution in [0.2, 0.25) is 0 Å². The summed E-state index contributed by atoms with van der Waals surface area (Å²) < 4.78 is 39.5. The topological polar surface area (TPSA) is 72.6 Å². The molecule has 1 aromatic carbocycles. The fraction of sp³-hybridized carbons (Fsp3) is 0.125. The van der Waals surface area contributed by atoms with Crippen LogP contribution in [0, 0.1) is 0 Å². The lowest BCUT2D eigenvalue weighted by Crippen LogP contribution is -2.19. The minimum Gasteiger partial charge on any atom is -0.478 e. The van der Waals surface area contributed by atoms with Gasteiger partial charge in [0.25, 0.3) is 0 Å². The zero-order valence-corrected chi connectivity index (χ0v) is 9.09. The van der Waals surface area contributed by atoms with Crippen molar-refractivity contribution in [2.75, 3.05) is 5.73 Å². The van der Waals surface area contributed by atoms with E-state index in [1.807, 2.05) is 0 Å². The average molecular weight is 300 g/mol. The molecule has 0 bridgehead atoms. The number of anilines is 1. The number of hydrogen-bond acceptors (Lipinski definition) is 3. The third-order valence-electron chi connectivity index (χ3n) is 1.60. The van der Waals surface area contributed by atoms with E-state index < -0.39 is 29.3 Å². The first-order valence-electron chi connectivity index (χ1n) is 3.79. The molecular formula is C8H5BrF3NO3. The summed E-state index contributed by atoms with van der Waals surface area (Å²) in [6.07, 6.45) is -4.94. The van der Waals surface area contributed by atoms with Gasteiger partial charge in [0.15, 0.2) is 5.75 Å². The van der Waals surface area contributed by atoms with E-state index in [9.17, 15) is 18.0 Å². The van der Waals surface area contributed by atoms with E-state index in [-0.39, 0.29) is 4.47 Å². The summed E-state index contributed by atoms with van der Waals surface area (Å²) >= 11 is 2.79. The Morgan fingerprint density at radius 2 is 2.00 bits per heavy atom. The van der Waals surface area contributed by atoms with E-state index in [1.54, 1.807) is 0 Å². The Morgan fingerprint density at radius 3 is 2.44 bits per heavy atom. The number of carboxylic acid groups (broad SMARTS) is 1. The molecule has 0 atom stereocenters. The average Bonchev–Trinajstić information content (AvgIpc) is 2.10. The SMILES string of the molecule is Nc1c(C(=O)O)ccc(Br)c1OC(F)(F)F. The van der Waals surface area contributed by atoms with Crippen molar-refractivity contribution >= 4 is 27.6 Å². The third kappa shape index (κ3) is 2.78. The lowest BCUT2D eigenvalue weighted by atomic mass is 10.1. The molecule has 0 saturated heterocycles. The number of nitrogens with two attached hydrogens (primary N) is 1. The van der Waals surface area contributed by atoms with Crippen molar-refractivity contribution in [3.8, 4) is 5.75 Å². The van der Waals surface area contributed by atoms with Crippen molar-refractivity contribution in [3.63, 3.8) is 0 Å². The first-order chi connectivity index (χ1) is 7.22. The summed E-state index contributed by atoms with van der Waals surface area (Å²) in [6.45, 7) is 0. The number of aromatic carboxylic acids is 1. The Hall–Kier alpha value is -1.44. The van der Waals surface area contributed by atoms with Crippen LogP contribution < -0.4 is 10.5 Å². The van der Waals surface area contributed by atoms with E-state index in [0.717, 1.165) is 12.1 Å². The number of ether oxygens (including phenoxy) is 1. The van der Waals surface area contributed by atoms with Gasteiger partial charge >= 0.3 is 12.3 Å². The molecule has 0 aliphatic heterocycles. The Bertz CT molecular complexity index is 433. The van der Waals surface area contributed by atoms with Gasteiger partial charge in [0.05, 0.1) is 15.7 Å². The van der Waals surface area contributed by atoms with E-state index in [4.69, 9.17) is 10.8 Å². The Balaban J connectivity index is 3.27. The van der Waals surface area contributed by atoms with Crippen LogP contribution in [0.5, 0.6) is 5.75 Å². The quantitative estimate of drug-likeness (QED) is 0.824. The van der Waals surface area contributed by atoms with Crippen LogP contribution >= 0.6 is 15.9 Å². The van der Waals surface area contributed by atoms with Crippen molar-refractivity contribution in [2.45, 2.75) is 6.36 Å². The van der Waals surface area contributed by atoms with Gasteiger partial charge in [-0.2, -0.15) is 0 Å². The van der Waals surface area contributed by atoms with E-state index in [0.29, 0.717) is 0 Å². The minimum atomic E-state index is -4.94. The monoisotopic (exact) mass is 299 g/mol. The predicted molar refractivity (Wildman–Crippen MR) is 52.2 cm³/mol. The Labute approximate surface area is 95.9 Å². The first kappa shape index (κ1) is 12.6. The smallest absolute Gasteiger partial charge is 0.478 e. The van der Waals surface area contributed by atoms with Crippen molar-refractivity contribution in [1.29, 1.82) is 0 Å². The number of benzene rings is 1. The Kier molecular flexibility index (Phi) is 3.32. The van der Waals surface area contributed by atoms with Gasteiger partial charge in [-0.15, -0.1) is 13.2 Å². The molecule has 16 heavy (non-hydrogen) atoms. The van der Waals surface area contributed by atoms with Crippen molar-refractivity contribution in [1.82, 2.24) is 0 Å². The van der Waals surface area contributed by atoms with Crippen molar-refractivity contribution in [3.05, 3.63) is 22.2 Å². The second-order valence-electron chi connectivity index (χ2n) is 2.69. The number of nitrogen functional groups attached to an aromatic ring is 1. The number of alkyl halides is 3. The van der Waals surface area contributed by atoms with Crippen molar-refractivity contribution in [2.24, 2.45) is 0 Å². The van der Waals surface area contributed by atoms with Gasteiger partial charge in [-0.3, -0.25) is 0 Å². The van der Waals surface area contributed by atoms with Gasteiger partial charge in [0.1, 0.15) is 0 Å². The highest BCUT2D eigenvalue weighted by Gasteiger charge is 2.33. The van der Waals surface area contributed by atoms with Crippen LogP contribution in [0.1, 0.15) is 10.4 Å². The molecular weight excluding hydrogens is 295 g/mol. The molecule has 1 aromatic rings.